The van der Waals surface area contributed by atoms with E-state index in [9.17, 15) is 9.90 Å². The molecule has 0 saturated heterocycles. The fraction of sp³-hybridized carbons (Fsp3) is 0.522. The maximum atomic E-state index is 12.7. The summed E-state index contributed by atoms with van der Waals surface area (Å²) in [6.07, 6.45) is 3.00. The van der Waals surface area contributed by atoms with Gasteiger partial charge in [-0.25, -0.2) is 3.11 Å². The summed E-state index contributed by atoms with van der Waals surface area (Å²) in [5.74, 6) is 0.497. The van der Waals surface area contributed by atoms with Crippen molar-refractivity contribution < 1.29 is 9.90 Å². The zero-order chi connectivity index (χ0) is 21.3. The average molecular weight is 496 g/mol. The molecule has 2 aromatic rings. The minimum absolute atomic E-state index is 0.116. The molecule has 0 atom stereocenters. The molecular formula is C23H33IN2O2. The Morgan fingerprint density at radius 1 is 1.04 bits per heavy atom. The van der Waals surface area contributed by atoms with E-state index in [2.05, 4.69) is 81.5 Å². The number of benzene rings is 1. The van der Waals surface area contributed by atoms with Crippen molar-refractivity contribution in [3.8, 4) is 5.75 Å². The molecule has 0 aliphatic carbocycles. The van der Waals surface area contributed by atoms with Crippen LogP contribution in [-0.2, 0) is 23.8 Å². The largest absolute Gasteiger partial charge is 0.507 e. The molecule has 0 bridgehead atoms. The first kappa shape index (κ1) is 22.9. The van der Waals surface area contributed by atoms with Gasteiger partial charge in [0, 0.05) is 42.0 Å². The van der Waals surface area contributed by atoms with Crippen LogP contribution in [0.3, 0.4) is 0 Å². The van der Waals surface area contributed by atoms with Gasteiger partial charge in [0.1, 0.15) is 5.75 Å². The maximum absolute atomic E-state index is 12.7. The molecule has 2 rings (SSSR count). The number of aromatic nitrogens is 1. The highest BCUT2D eigenvalue weighted by Gasteiger charge is 2.26. The summed E-state index contributed by atoms with van der Waals surface area (Å²) in [5, 5.41) is 10.8. The molecule has 0 radical (unpaired) electrons. The van der Waals surface area contributed by atoms with E-state index in [1.807, 2.05) is 22.4 Å². The third kappa shape index (κ3) is 5.83. The highest BCUT2D eigenvalue weighted by Crippen LogP contribution is 2.40. The number of aryl methyl sites for hydroxylation is 1. The molecule has 0 saturated carbocycles. The molecule has 0 aliphatic heterocycles. The van der Waals surface area contributed by atoms with Gasteiger partial charge >= 0.3 is 0 Å². The van der Waals surface area contributed by atoms with Crippen LogP contribution >= 0.6 is 22.9 Å². The molecule has 0 unspecified atom stereocenters. The molecule has 0 aliphatic rings. The smallest absolute Gasteiger partial charge is 0.179 e. The number of aromatic amines is 1. The Hall–Kier alpha value is -1.34. The van der Waals surface area contributed by atoms with Crippen molar-refractivity contribution in [3.05, 3.63) is 52.3 Å². The molecule has 0 spiro atoms. The van der Waals surface area contributed by atoms with E-state index >= 15 is 0 Å². The lowest BCUT2D eigenvalue weighted by Crippen LogP contribution is -2.18. The second-order valence-electron chi connectivity index (χ2n) is 9.65. The Morgan fingerprint density at radius 3 is 2.04 bits per heavy atom. The number of hydrogen-bond acceptors (Lipinski definition) is 3. The zero-order valence-corrected chi connectivity index (χ0v) is 20.3. The van der Waals surface area contributed by atoms with Crippen molar-refractivity contribution in [2.75, 3.05) is 7.05 Å². The van der Waals surface area contributed by atoms with E-state index in [1.165, 1.54) is 0 Å². The van der Waals surface area contributed by atoms with E-state index in [4.69, 9.17) is 0 Å². The van der Waals surface area contributed by atoms with E-state index in [0.717, 1.165) is 28.8 Å². The molecule has 2 N–H and O–H groups in total. The zero-order valence-electron chi connectivity index (χ0n) is 18.1. The monoisotopic (exact) mass is 496 g/mol. The number of phenolic OH excluding ortho intramolecular Hbond substituents is 1. The van der Waals surface area contributed by atoms with Gasteiger partial charge in [-0.1, -0.05) is 53.7 Å². The predicted octanol–water partition coefficient (Wildman–Crippen LogP) is 5.91. The van der Waals surface area contributed by atoms with Gasteiger partial charge in [-0.15, -0.1) is 0 Å². The Kier molecular flexibility index (Phi) is 7.03. The number of halogens is 1. The Bertz CT molecular complexity index is 804. The molecule has 0 amide bonds. The summed E-state index contributed by atoms with van der Waals surface area (Å²) >= 11 is 2.23. The average Bonchev–Trinajstić information content (AvgIpc) is 2.99. The van der Waals surface area contributed by atoms with E-state index < -0.39 is 0 Å². The van der Waals surface area contributed by atoms with Gasteiger partial charge in [-0.3, -0.25) is 4.79 Å². The first-order chi connectivity index (χ1) is 12.8. The number of phenols is 1. The van der Waals surface area contributed by atoms with Crippen molar-refractivity contribution >= 4 is 28.6 Å². The van der Waals surface area contributed by atoms with Crippen molar-refractivity contribution in [3.63, 3.8) is 0 Å². The van der Waals surface area contributed by atoms with Crippen LogP contribution < -0.4 is 0 Å². The van der Waals surface area contributed by atoms with Crippen LogP contribution in [0.2, 0.25) is 0 Å². The first-order valence-corrected chi connectivity index (χ1v) is 10.7. The third-order valence-electron chi connectivity index (χ3n) is 4.87. The summed E-state index contributed by atoms with van der Waals surface area (Å²) in [6.45, 7) is 13.4. The number of nitrogens with zero attached hydrogens (tertiary/aromatic N) is 1. The Morgan fingerprint density at radius 2 is 1.57 bits per heavy atom. The predicted molar refractivity (Wildman–Crippen MR) is 124 cm³/mol. The van der Waals surface area contributed by atoms with Crippen LogP contribution in [-0.4, -0.2) is 26.0 Å². The molecule has 4 nitrogen and oxygen atoms in total. The second kappa shape index (κ2) is 8.57. The number of hydrogen-bond donors (Lipinski definition) is 2. The van der Waals surface area contributed by atoms with Crippen LogP contribution in [0.1, 0.15) is 80.7 Å². The summed E-state index contributed by atoms with van der Waals surface area (Å²) in [4.78, 5) is 15.8. The fourth-order valence-corrected chi connectivity index (χ4v) is 3.71. The molecule has 1 aromatic heterocycles. The van der Waals surface area contributed by atoms with Crippen LogP contribution in [0.15, 0.2) is 24.4 Å². The van der Waals surface area contributed by atoms with Gasteiger partial charge in [-0.05, 0) is 52.6 Å². The number of carbonyl (C=O) groups is 1. The first-order valence-electron chi connectivity index (χ1n) is 9.73. The number of ketones is 1. The number of carbonyl (C=O) groups excluding carboxylic acids is 1. The van der Waals surface area contributed by atoms with Crippen LogP contribution in [0.25, 0.3) is 0 Å². The van der Waals surface area contributed by atoms with Crippen LogP contribution in [0, 0.1) is 0 Å². The van der Waals surface area contributed by atoms with Gasteiger partial charge < -0.3 is 10.1 Å². The highest BCUT2D eigenvalue weighted by atomic mass is 127. The molecule has 1 aromatic carbocycles. The van der Waals surface area contributed by atoms with Crippen molar-refractivity contribution in [1.82, 2.24) is 8.10 Å². The third-order valence-corrected chi connectivity index (χ3v) is 5.21. The molecular weight excluding hydrogens is 463 g/mol. The number of nitrogens with one attached hydrogen (secondary N) is 1. The molecule has 5 heteroatoms. The van der Waals surface area contributed by atoms with Crippen molar-refractivity contribution in [2.24, 2.45) is 0 Å². The lowest BCUT2D eigenvalue weighted by atomic mass is 9.78. The van der Waals surface area contributed by atoms with Crippen molar-refractivity contribution in [1.29, 1.82) is 0 Å². The maximum Gasteiger partial charge on any atom is 0.179 e. The van der Waals surface area contributed by atoms with E-state index in [1.54, 1.807) is 0 Å². The fourth-order valence-electron chi connectivity index (χ4n) is 3.32. The Balaban J connectivity index is 2.24. The number of aromatic hydroxyl groups is 1. The number of H-pyrrole nitrogens is 1. The topological polar surface area (TPSA) is 56.3 Å². The number of rotatable bonds is 6. The number of Topliss-reactive ketones (excluding diaryl/α,β-unsaturated/α-hetero) is 1. The summed E-state index contributed by atoms with van der Waals surface area (Å²) in [5.41, 5.74) is 4.42. The van der Waals surface area contributed by atoms with Crippen LogP contribution in [0.5, 0.6) is 5.75 Å². The van der Waals surface area contributed by atoms with E-state index in [0.29, 0.717) is 24.3 Å². The summed E-state index contributed by atoms with van der Waals surface area (Å²) in [6, 6.07) is 6.06. The quantitative estimate of drug-likeness (QED) is 0.297. The SMILES string of the molecule is CN(I)Cc1c[nH]c(C(=O)CCc2cc(C(C)(C)C)c(O)c(C(C)(C)C)c2)c1. The summed E-state index contributed by atoms with van der Waals surface area (Å²) in [7, 11) is 2.00. The lowest BCUT2D eigenvalue weighted by Gasteiger charge is -2.28. The minimum atomic E-state index is -0.163. The molecule has 1 heterocycles. The minimum Gasteiger partial charge on any atom is -0.507 e. The van der Waals surface area contributed by atoms with Gasteiger partial charge in [-0.2, -0.15) is 0 Å². The standard InChI is InChI=1S/C23H33IN2O2/c1-22(2,3)17-10-15(11-18(21(17)28)23(4,5)6)8-9-20(27)19-12-16(13-25-19)14-26(7)24/h10-13,25,28H,8-9,14H2,1-7H3. The van der Waals surface area contributed by atoms with Gasteiger partial charge in [0.25, 0.3) is 0 Å². The van der Waals surface area contributed by atoms with Gasteiger partial charge in [0.15, 0.2) is 5.78 Å². The van der Waals surface area contributed by atoms with E-state index in [-0.39, 0.29) is 16.6 Å². The molecule has 154 valence electrons. The normalized spacial score (nSPS) is 12.6. The van der Waals surface area contributed by atoms with Crippen molar-refractivity contribution in [2.45, 2.75) is 71.8 Å². The van der Waals surface area contributed by atoms with Gasteiger partial charge in [0.2, 0.25) is 0 Å². The highest BCUT2D eigenvalue weighted by molar-refractivity contribution is 14.1. The van der Waals surface area contributed by atoms with Gasteiger partial charge in [0.05, 0.1) is 5.69 Å². The Labute approximate surface area is 183 Å². The molecule has 28 heavy (non-hydrogen) atoms. The van der Waals surface area contributed by atoms with Crippen LogP contribution in [0.4, 0.5) is 0 Å². The summed E-state index contributed by atoms with van der Waals surface area (Å²) < 4.78 is 2.05. The lowest BCUT2D eigenvalue weighted by molar-refractivity contribution is 0.0978. The second-order valence-corrected chi connectivity index (χ2v) is 11.3. The molecule has 0 fully saturated rings.